The van der Waals surface area contributed by atoms with E-state index in [4.69, 9.17) is 0 Å². The van der Waals surface area contributed by atoms with Crippen LogP contribution in [-0.2, 0) is 13.0 Å². The summed E-state index contributed by atoms with van der Waals surface area (Å²) in [5.74, 6) is 0.326. The first-order valence-electron chi connectivity index (χ1n) is 9.75. The molecular formula is C24H19N5O. The Morgan fingerprint density at radius 1 is 0.867 bits per heavy atom. The Labute approximate surface area is 174 Å². The van der Waals surface area contributed by atoms with Crippen LogP contribution in [0.1, 0.15) is 27.2 Å². The molecule has 1 amide bonds. The van der Waals surface area contributed by atoms with Crippen molar-refractivity contribution in [3.8, 4) is 11.1 Å². The summed E-state index contributed by atoms with van der Waals surface area (Å²) in [4.78, 5) is 25.7. The highest BCUT2D eigenvalue weighted by Crippen LogP contribution is 2.38. The van der Waals surface area contributed by atoms with Crippen LogP contribution in [0.5, 0.6) is 0 Å². The van der Waals surface area contributed by atoms with Gasteiger partial charge in [0.05, 0.1) is 30.3 Å². The summed E-state index contributed by atoms with van der Waals surface area (Å²) < 4.78 is 0. The normalized spacial score (nSPS) is 11.5. The van der Waals surface area contributed by atoms with Crippen molar-refractivity contribution in [2.24, 2.45) is 0 Å². The molecule has 2 N–H and O–H groups in total. The van der Waals surface area contributed by atoms with Crippen LogP contribution in [0.15, 0.2) is 79.3 Å². The summed E-state index contributed by atoms with van der Waals surface area (Å²) in [6.45, 7) is 0.531. The summed E-state index contributed by atoms with van der Waals surface area (Å²) in [5, 5.41) is 6.03. The number of aromatic nitrogens is 3. The first-order chi connectivity index (χ1) is 14.8. The molecule has 0 unspecified atom stereocenters. The molecule has 0 atom stereocenters. The van der Waals surface area contributed by atoms with Crippen molar-refractivity contribution in [3.63, 3.8) is 0 Å². The SMILES string of the molecule is O=C(Nc1cnc(NCc2ccccn2)nc1)c1cccc2c1Cc1ccccc1-2. The number of amides is 1. The molecular weight excluding hydrogens is 374 g/mol. The summed E-state index contributed by atoms with van der Waals surface area (Å²) in [6.07, 6.45) is 5.71. The van der Waals surface area contributed by atoms with Crippen LogP contribution >= 0.6 is 0 Å². The topological polar surface area (TPSA) is 79.8 Å². The number of carbonyl (C=O) groups is 1. The summed E-state index contributed by atoms with van der Waals surface area (Å²) in [7, 11) is 0. The molecule has 1 aliphatic rings. The van der Waals surface area contributed by atoms with Gasteiger partial charge in [-0.1, -0.05) is 42.5 Å². The molecule has 0 saturated carbocycles. The minimum atomic E-state index is -0.155. The van der Waals surface area contributed by atoms with Crippen molar-refractivity contribution in [2.45, 2.75) is 13.0 Å². The molecule has 0 saturated heterocycles. The van der Waals surface area contributed by atoms with Crippen LogP contribution in [-0.4, -0.2) is 20.9 Å². The minimum absolute atomic E-state index is 0.155. The third-order valence-corrected chi connectivity index (χ3v) is 5.16. The van der Waals surface area contributed by atoms with Crippen LogP contribution < -0.4 is 10.6 Å². The summed E-state index contributed by atoms with van der Waals surface area (Å²) in [6, 6.07) is 19.9. The fourth-order valence-electron chi connectivity index (χ4n) is 3.72. The van der Waals surface area contributed by atoms with Gasteiger partial charge in [-0.05, 0) is 46.9 Å². The van der Waals surface area contributed by atoms with Crippen molar-refractivity contribution in [1.29, 1.82) is 0 Å². The van der Waals surface area contributed by atoms with Gasteiger partial charge in [0.15, 0.2) is 0 Å². The predicted molar refractivity (Wildman–Crippen MR) is 116 cm³/mol. The van der Waals surface area contributed by atoms with E-state index >= 15 is 0 Å². The lowest BCUT2D eigenvalue weighted by Gasteiger charge is -2.10. The third kappa shape index (κ3) is 3.51. The Kier molecular flexibility index (Phi) is 4.65. The number of pyridine rings is 1. The second kappa shape index (κ2) is 7.75. The Morgan fingerprint density at radius 3 is 2.50 bits per heavy atom. The van der Waals surface area contributed by atoms with E-state index in [9.17, 15) is 4.79 Å². The first kappa shape index (κ1) is 18.0. The lowest BCUT2D eigenvalue weighted by atomic mass is 10.0. The van der Waals surface area contributed by atoms with Crippen LogP contribution in [0.4, 0.5) is 11.6 Å². The highest BCUT2D eigenvalue weighted by Gasteiger charge is 2.23. The third-order valence-electron chi connectivity index (χ3n) is 5.16. The van der Waals surface area contributed by atoms with Gasteiger partial charge in [-0.2, -0.15) is 0 Å². The van der Waals surface area contributed by atoms with Crippen LogP contribution in [0.3, 0.4) is 0 Å². The van der Waals surface area contributed by atoms with Gasteiger partial charge < -0.3 is 10.6 Å². The maximum Gasteiger partial charge on any atom is 0.256 e. The molecule has 1 aliphatic carbocycles. The zero-order valence-corrected chi connectivity index (χ0v) is 16.2. The predicted octanol–water partition coefficient (Wildman–Crippen LogP) is 4.31. The molecule has 0 radical (unpaired) electrons. The van der Waals surface area contributed by atoms with Crippen molar-refractivity contribution in [1.82, 2.24) is 15.0 Å². The van der Waals surface area contributed by atoms with E-state index in [0.29, 0.717) is 23.7 Å². The second-order valence-electron chi connectivity index (χ2n) is 7.09. The second-order valence-corrected chi connectivity index (χ2v) is 7.09. The molecule has 0 fully saturated rings. The Morgan fingerprint density at radius 2 is 1.67 bits per heavy atom. The molecule has 0 bridgehead atoms. The number of hydrogen-bond acceptors (Lipinski definition) is 5. The molecule has 0 spiro atoms. The van der Waals surface area contributed by atoms with E-state index < -0.39 is 0 Å². The van der Waals surface area contributed by atoms with Gasteiger partial charge in [-0.25, -0.2) is 9.97 Å². The van der Waals surface area contributed by atoms with Gasteiger partial charge >= 0.3 is 0 Å². The quantitative estimate of drug-likeness (QED) is 0.465. The van der Waals surface area contributed by atoms with Gasteiger partial charge in [0, 0.05) is 11.8 Å². The monoisotopic (exact) mass is 393 g/mol. The zero-order valence-electron chi connectivity index (χ0n) is 16.2. The molecule has 30 heavy (non-hydrogen) atoms. The number of nitrogens with one attached hydrogen (secondary N) is 2. The number of fused-ring (bicyclic) bond motifs is 3. The van der Waals surface area contributed by atoms with E-state index in [1.807, 2.05) is 42.5 Å². The van der Waals surface area contributed by atoms with Crippen LogP contribution in [0.25, 0.3) is 11.1 Å². The van der Waals surface area contributed by atoms with E-state index in [0.717, 1.165) is 23.2 Å². The molecule has 2 aromatic heterocycles. The molecule has 6 nitrogen and oxygen atoms in total. The van der Waals surface area contributed by atoms with Crippen LogP contribution in [0.2, 0.25) is 0 Å². The highest BCUT2D eigenvalue weighted by atomic mass is 16.1. The average molecular weight is 393 g/mol. The lowest BCUT2D eigenvalue weighted by Crippen LogP contribution is -2.15. The number of benzene rings is 2. The summed E-state index contributed by atoms with van der Waals surface area (Å²) >= 11 is 0. The standard InChI is InChI=1S/C24H19N5O/c30-23(21-10-5-9-20-19-8-2-1-6-16(19)12-22(20)21)29-18-14-27-24(28-15-18)26-13-17-7-3-4-11-25-17/h1-11,14-15H,12-13H2,(H,29,30)(H,26,27,28). The Hall–Kier alpha value is -4.06. The fourth-order valence-corrected chi connectivity index (χ4v) is 3.72. The fraction of sp³-hybridized carbons (Fsp3) is 0.0833. The van der Waals surface area contributed by atoms with E-state index in [-0.39, 0.29) is 5.91 Å². The molecule has 2 heterocycles. The van der Waals surface area contributed by atoms with Gasteiger partial charge in [0.1, 0.15) is 0 Å². The molecule has 4 aromatic rings. The highest BCUT2D eigenvalue weighted by molar-refractivity contribution is 6.07. The van der Waals surface area contributed by atoms with E-state index in [2.05, 4.69) is 43.8 Å². The molecule has 2 aromatic carbocycles. The lowest BCUT2D eigenvalue weighted by molar-refractivity contribution is 0.102. The average Bonchev–Trinajstić information content (AvgIpc) is 3.18. The molecule has 146 valence electrons. The Bertz CT molecular complexity index is 1210. The zero-order chi connectivity index (χ0) is 20.3. The Balaban J connectivity index is 1.29. The van der Waals surface area contributed by atoms with E-state index in [1.54, 1.807) is 18.6 Å². The van der Waals surface area contributed by atoms with Gasteiger partial charge in [0.25, 0.3) is 5.91 Å². The van der Waals surface area contributed by atoms with Gasteiger partial charge in [-0.15, -0.1) is 0 Å². The van der Waals surface area contributed by atoms with Gasteiger partial charge in [-0.3, -0.25) is 9.78 Å². The number of carbonyl (C=O) groups excluding carboxylic acids is 1. The maximum absolute atomic E-state index is 12.9. The van der Waals surface area contributed by atoms with Crippen molar-refractivity contribution >= 4 is 17.5 Å². The van der Waals surface area contributed by atoms with Crippen molar-refractivity contribution < 1.29 is 4.79 Å². The molecule has 0 aliphatic heterocycles. The molecule has 6 heteroatoms. The van der Waals surface area contributed by atoms with Crippen molar-refractivity contribution in [3.05, 3.63) is 102 Å². The largest absolute Gasteiger partial charge is 0.349 e. The van der Waals surface area contributed by atoms with Gasteiger partial charge in [0.2, 0.25) is 5.95 Å². The minimum Gasteiger partial charge on any atom is -0.349 e. The number of anilines is 2. The number of hydrogen-bond donors (Lipinski definition) is 2. The smallest absolute Gasteiger partial charge is 0.256 e. The first-order valence-corrected chi connectivity index (χ1v) is 9.75. The van der Waals surface area contributed by atoms with Crippen molar-refractivity contribution in [2.75, 3.05) is 10.6 Å². The number of rotatable bonds is 5. The molecule has 5 rings (SSSR count). The maximum atomic E-state index is 12.9. The number of nitrogens with zero attached hydrogens (tertiary/aromatic N) is 3. The summed E-state index contributed by atoms with van der Waals surface area (Å²) in [5.41, 5.74) is 6.78. The van der Waals surface area contributed by atoms with Crippen LogP contribution in [0, 0.1) is 0 Å². The van der Waals surface area contributed by atoms with E-state index in [1.165, 1.54) is 11.1 Å².